The Morgan fingerprint density at radius 3 is 2.63 bits per heavy atom. The SMILES string of the molecule is O=C(CSc1nc(-c2ccccc2)c(NC(=O)c2cc(Cl)ccc2Cl)s1)NC1CC1. The highest BCUT2D eigenvalue weighted by Gasteiger charge is 2.24. The zero-order valence-electron chi connectivity index (χ0n) is 15.7. The summed E-state index contributed by atoms with van der Waals surface area (Å²) in [5, 5.41) is 7.20. The highest BCUT2D eigenvalue weighted by Crippen LogP contribution is 2.38. The second-order valence-corrected chi connectivity index (χ2v) is 9.80. The first-order valence-electron chi connectivity index (χ1n) is 9.24. The van der Waals surface area contributed by atoms with E-state index in [9.17, 15) is 9.59 Å². The van der Waals surface area contributed by atoms with Crippen LogP contribution in [-0.2, 0) is 4.79 Å². The molecule has 154 valence electrons. The molecule has 1 fully saturated rings. The van der Waals surface area contributed by atoms with Crippen LogP contribution < -0.4 is 10.6 Å². The van der Waals surface area contributed by atoms with Crippen molar-refractivity contribution in [2.45, 2.75) is 23.2 Å². The molecule has 30 heavy (non-hydrogen) atoms. The first kappa shape index (κ1) is 21.2. The number of nitrogens with one attached hydrogen (secondary N) is 2. The van der Waals surface area contributed by atoms with Gasteiger partial charge in [0.25, 0.3) is 5.91 Å². The molecule has 3 aromatic rings. The number of thiazole rings is 1. The number of rotatable bonds is 7. The van der Waals surface area contributed by atoms with Crippen LogP contribution in [0.15, 0.2) is 52.9 Å². The molecule has 0 atom stereocenters. The minimum Gasteiger partial charge on any atom is -0.353 e. The fourth-order valence-electron chi connectivity index (χ4n) is 2.70. The Balaban J connectivity index is 1.56. The molecule has 1 heterocycles. The van der Waals surface area contributed by atoms with Crippen molar-refractivity contribution in [3.05, 3.63) is 64.1 Å². The first-order valence-corrected chi connectivity index (χ1v) is 11.8. The normalized spacial score (nSPS) is 13.1. The molecule has 4 rings (SSSR count). The van der Waals surface area contributed by atoms with Crippen molar-refractivity contribution in [2.75, 3.05) is 11.1 Å². The summed E-state index contributed by atoms with van der Waals surface area (Å²) in [4.78, 5) is 29.5. The molecule has 2 amide bonds. The third-order valence-electron chi connectivity index (χ3n) is 4.32. The van der Waals surface area contributed by atoms with Gasteiger partial charge < -0.3 is 10.6 Å². The third-order valence-corrected chi connectivity index (χ3v) is 7.00. The molecule has 0 saturated heterocycles. The highest BCUT2D eigenvalue weighted by molar-refractivity contribution is 8.01. The topological polar surface area (TPSA) is 71.1 Å². The molecule has 0 radical (unpaired) electrons. The maximum Gasteiger partial charge on any atom is 0.257 e. The van der Waals surface area contributed by atoms with Gasteiger partial charge in [0.2, 0.25) is 5.91 Å². The lowest BCUT2D eigenvalue weighted by Crippen LogP contribution is -2.26. The maximum absolute atomic E-state index is 12.8. The second kappa shape index (κ2) is 9.39. The van der Waals surface area contributed by atoms with Crippen LogP contribution in [0, 0.1) is 0 Å². The molecule has 1 aromatic heterocycles. The Bertz CT molecular complexity index is 1090. The standard InChI is InChI=1S/C21H17Cl2N3O2S2/c22-13-6-9-16(23)15(10-13)19(28)26-20-18(12-4-2-1-3-5-12)25-21(30-20)29-11-17(27)24-14-7-8-14/h1-6,9-10,14H,7-8,11H2,(H,24,27)(H,26,28). The Hall–Kier alpha value is -2.06. The predicted molar refractivity (Wildman–Crippen MR) is 124 cm³/mol. The van der Waals surface area contributed by atoms with Crippen molar-refractivity contribution in [3.63, 3.8) is 0 Å². The van der Waals surface area contributed by atoms with Crippen LogP contribution in [0.4, 0.5) is 5.00 Å². The summed E-state index contributed by atoms with van der Waals surface area (Å²) in [6, 6.07) is 14.6. The van der Waals surface area contributed by atoms with E-state index >= 15 is 0 Å². The predicted octanol–water partition coefficient (Wildman–Crippen LogP) is 5.74. The lowest BCUT2D eigenvalue weighted by Gasteiger charge is -2.07. The second-order valence-electron chi connectivity index (χ2n) is 6.73. The monoisotopic (exact) mass is 477 g/mol. The van der Waals surface area contributed by atoms with Crippen molar-refractivity contribution in [3.8, 4) is 11.3 Å². The van der Waals surface area contributed by atoms with Gasteiger partial charge >= 0.3 is 0 Å². The number of thioether (sulfide) groups is 1. The van der Waals surface area contributed by atoms with Crippen LogP contribution in [-0.4, -0.2) is 28.6 Å². The van der Waals surface area contributed by atoms with Crippen molar-refractivity contribution >= 4 is 63.1 Å². The number of benzene rings is 2. The van der Waals surface area contributed by atoms with Crippen molar-refractivity contribution < 1.29 is 9.59 Å². The van der Waals surface area contributed by atoms with Gasteiger partial charge in [0.05, 0.1) is 16.3 Å². The van der Waals surface area contributed by atoms with Gasteiger partial charge in [0, 0.05) is 16.6 Å². The van der Waals surface area contributed by atoms with E-state index in [0.29, 0.717) is 31.1 Å². The molecule has 5 nitrogen and oxygen atoms in total. The summed E-state index contributed by atoms with van der Waals surface area (Å²) in [5.41, 5.74) is 1.81. The van der Waals surface area contributed by atoms with Gasteiger partial charge in [0.15, 0.2) is 4.34 Å². The van der Waals surface area contributed by atoms with Crippen LogP contribution >= 0.6 is 46.3 Å². The summed E-state index contributed by atoms with van der Waals surface area (Å²) < 4.78 is 0.701. The number of hydrogen-bond donors (Lipinski definition) is 2. The number of hydrogen-bond acceptors (Lipinski definition) is 5. The molecule has 0 spiro atoms. The largest absolute Gasteiger partial charge is 0.353 e. The van der Waals surface area contributed by atoms with Gasteiger partial charge in [-0.05, 0) is 31.0 Å². The first-order chi connectivity index (χ1) is 14.5. The molecule has 1 aliphatic rings. The molecular formula is C21H17Cl2N3O2S2. The molecule has 2 N–H and O–H groups in total. The lowest BCUT2D eigenvalue weighted by molar-refractivity contribution is -0.118. The number of amides is 2. The van der Waals surface area contributed by atoms with Crippen LogP contribution in [0.25, 0.3) is 11.3 Å². The number of aromatic nitrogens is 1. The number of halogens is 2. The average molecular weight is 478 g/mol. The minimum atomic E-state index is -0.369. The van der Waals surface area contributed by atoms with Gasteiger partial charge in [-0.2, -0.15) is 0 Å². The Labute approximate surface area is 192 Å². The molecule has 0 aliphatic heterocycles. The molecule has 1 saturated carbocycles. The summed E-state index contributed by atoms with van der Waals surface area (Å²) in [6.45, 7) is 0. The lowest BCUT2D eigenvalue weighted by atomic mass is 10.1. The third kappa shape index (κ3) is 5.35. The van der Waals surface area contributed by atoms with Crippen molar-refractivity contribution in [1.29, 1.82) is 0 Å². The van der Waals surface area contributed by atoms with E-state index in [-0.39, 0.29) is 23.1 Å². The number of anilines is 1. The zero-order valence-corrected chi connectivity index (χ0v) is 18.8. The van der Waals surface area contributed by atoms with Crippen LogP contribution in [0.1, 0.15) is 23.2 Å². The van der Waals surface area contributed by atoms with Crippen molar-refractivity contribution in [2.24, 2.45) is 0 Å². The smallest absolute Gasteiger partial charge is 0.257 e. The van der Waals surface area contributed by atoms with Crippen LogP contribution in [0.2, 0.25) is 10.0 Å². The summed E-state index contributed by atoms with van der Waals surface area (Å²) in [6.07, 6.45) is 2.10. The maximum atomic E-state index is 12.8. The number of nitrogens with zero attached hydrogens (tertiary/aromatic N) is 1. The Morgan fingerprint density at radius 2 is 1.90 bits per heavy atom. The Morgan fingerprint density at radius 1 is 1.13 bits per heavy atom. The van der Waals surface area contributed by atoms with Crippen LogP contribution in [0.3, 0.4) is 0 Å². The van der Waals surface area contributed by atoms with E-state index in [1.165, 1.54) is 29.2 Å². The average Bonchev–Trinajstić information content (AvgIpc) is 3.46. The zero-order chi connectivity index (χ0) is 21.1. The molecule has 9 heteroatoms. The molecule has 1 aliphatic carbocycles. The van der Waals surface area contributed by atoms with Gasteiger partial charge in [-0.15, -0.1) is 0 Å². The van der Waals surface area contributed by atoms with E-state index in [1.54, 1.807) is 12.1 Å². The van der Waals surface area contributed by atoms with E-state index in [4.69, 9.17) is 23.2 Å². The fourth-order valence-corrected chi connectivity index (χ4v) is 4.95. The minimum absolute atomic E-state index is 0.00439. The van der Waals surface area contributed by atoms with Crippen LogP contribution in [0.5, 0.6) is 0 Å². The quantitative estimate of drug-likeness (QED) is 0.425. The van der Waals surface area contributed by atoms with Gasteiger partial charge in [0.1, 0.15) is 10.7 Å². The van der Waals surface area contributed by atoms with Crippen molar-refractivity contribution in [1.82, 2.24) is 10.3 Å². The number of carbonyl (C=O) groups is 2. The Kier molecular flexibility index (Phi) is 6.63. The summed E-state index contributed by atoms with van der Waals surface area (Å²) in [5.74, 6) is -0.0900. The van der Waals surface area contributed by atoms with E-state index in [0.717, 1.165) is 18.4 Å². The summed E-state index contributed by atoms with van der Waals surface area (Å²) in [7, 11) is 0. The fraction of sp³-hybridized carbons (Fsp3) is 0.190. The van der Waals surface area contributed by atoms with E-state index in [2.05, 4.69) is 15.6 Å². The van der Waals surface area contributed by atoms with Gasteiger partial charge in [-0.1, -0.05) is 76.6 Å². The molecule has 2 aromatic carbocycles. The molecule has 0 unspecified atom stereocenters. The number of carbonyl (C=O) groups excluding carboxylic acids is 2. The van der Waals surface area contributed by atoms with E-state index in [1.807, 2.05) is 30.3 Å². The summed E-state index contributed by atoms with van der Waals surface area (Å²) >= 11 is 14.9. The van der Waals surface area contributed by atoms with Gasteiger partial charge in [-0.3, -0.25) is 9.59 Å². The molecular weight excluding hydrogens is 461 g/mol. The molecule has 0 bridgehead atoms. The van der Waals surface area contributed by atoms with Gasteiger partial charge in [-0.25, -0.2) is 4.98 Å². The van der Waals surface area contributed by atoms with E-state index < -0.39 is 0 Å². The highest BCUT2D eigenvalue weighted by atomic mass is 35.5.